The van der Waals surface area contributed by atoms with Gasteiger partial charge in [0.1, 0.15) is 0 Å². The number of amides is 2. The molecule has 1 atom stereocenters. The molecule has 2 aliphatic rings. The van der Waals surface area contributed by atoms with Crippen LogP contribution in [0.3, 0.4) is 0 Å². The van der Waals surface area contributed by atoms with E-state index in [9.17, 15) is 14.4 Å². The topological polar surface area (TPSA) is 86.7 Å². The van der Waals surface area contributed by atoms with Gasteiger partial charge in [-0.2, -0.15) is 0 Å². The van der Waals surface area contributed by atoms with Gasteiger partial charge in [0.25, 0.3) is 0 Å². The van der Waals surface area contributed by atoms with Crippen LogP contribution in [0, 0.1) is 11.8 Å². The van der Waals surface area contributed by atoms with Gasteiger partial charge in [-0.15, -0.1) is 0 Å². The van der Waals surface area contributed by atoms with Gasteiger partial charge in [-0.1, -0.05) is 30.3 Å². The molecule has 1 aliphatic carbocycles. The van der Waals surface area contributed by atoms with Crippen molar-refractivity contribution in [1.82, 2.24) is 10.2 Å². The average Bonchev–Trinajstić information content (AvgIpc) is 2.69. The van der Waals surface area contributed by atoms with Gasteiger partial charge >= 0.3 is 5.97 Å². The summed E-state index contributed by atoms with van der Waals surface area (Å²) < 4.78 is 0. The van der Waals surface area contributed by atoms with Gasteiger partial charge < -0.3 is 15.3 Å². The van der Waals surface area contributed by atoms with Crippen molar-refractivity contribution in [3.05, 3.63) is 35.9 Å². The standard InChI is InChI=1S/C21H28N2O4/c24-19(13-15-5-2-1-3-6-15)23-12-4-7-17(14-23)20(25)22-18-10-8-16(9-11-18)21(26)27/h1-3,5-6,16-18H,4,7-14H2,(H,22,25)(H,26,27). The fourth-order valence-corrected chi connectivity index (χ4v) is 4.10. The van der Waals surface area contributed by atoms with Crippen LogP contribution in [0.5, 0.6) is 0 Å². The van der Waals surface area contributed by atoms with Crippen LogP contribution in [-0.4, -0.2) is 46.9 Å². The lowest BCUT2D eigenvalue weighted by Gasteiger charge is -2.34. The molecular weight excluding hydrogens is 344 g/mol. The second-order valence-electron chi connectivity index (χ2n) is 7.74. The van der Waals surface area contributed by atoms with Crippen molar-refractivity contribution in [2.75, 3.05) is 13.1 Å². The number of likely N-dealkylation sites (tertiary alicyclic amines) is 1. The molecule has 2 fully saturated rings. The lowest BCUT2D eigenvalue weighted by molar-refractivity contribution is -0.142. The van der Waals surface area contributed by atoms with E-state index in [2.05, 4.69) is 5.32 Å². The Morgan fingerprint density at radius 1 is 1.00 bits per heavy atom. The average molecular weight is 372 g/mol. The van der Waals surface area contributed by atoms with E-state index in [-0.39, 0.29) is 29.7 Å². The Morgan fingerprint density at radius 2 is 1.70 bits per heavy atom. The Labute approximate surface area is 159 Å². The van der Waals surface area contributed by atoms with E-state index in [1.165, 1.54) is 0 Å². The maximum Gasteiger partial charge on any atom is 0.306 e. The Kier molecular flexibility index (Phi) is 6.48. The quantitative estimate of drug-likeness (QED) is 0.830. The van der Waals surface area contributed by atoms with Crippen LogP contribution in [0.1, 0.15) is 44.1 Å². The van der Waals surface area contributed by atoms with Gasteiger partial charge in [0.05, 0.1) is 18.3 Å². The summed E-state index contributed by atoms with van der Waals surface area (Å²) in [5.41, 5.74) is 0.990. The zero-order valence-electron chi connectivity index (χ0n) is 15.6. The highest BCUT2D eigenvalue weighted by Crippen LogP contribution is 2.25. The van der Waals surface area contributed by atoms with Crippen molar-refractivity contribution in [3.8, 4) is 0 Å². The van der Waals surface area contributed by atoms with Gasteiger partial charge in [0, 0.05) is 19.1 Å². The second kappa shape index (κ2) is 9.02. The van der Waals surface area contributed by atoms with Crippen LogP contribution < -0.4 is 5.32 Å². The van der Waals surface area contributed by atoms with Gasteiger partial charge in [-0.3, -0.25) is 14.4 Å². The fourth-order valence-electron chi connectivity index (χ4n) is 4.10. The number of hydrogen-bond donors (Lipinski definition) is 2. The number of benzene rings is 1. The number of hydrogen-bond acceptors (Lipinski definition) is 3. The minimum absolute atomic E-state index is 0.00554. The Morgan fingerprint density at radius 3 is 2.37 bits per heavy atom. The number of rotatable bonds is 5. The number of carboxylic acids is 1. The number of piperidine rings is 1. The zero-order valence-corrected chi connectivity index (χ0v) is 15.6. The second-order valence-corrected chi connectivity index (χ2v) is 7.74. The van der Waals surface area contributed by atoms with E-state index in [0.29, 0.717) is 45.2 Å². The predicted octanol–water partition coefficient (Wildman–Crippen LogP) is 2.23. The number of nitrogens with one attached hydrogen (secondary N) is 1. The fraction of sp³-hybridized carbons (Fsp3) is 0.571. The first kappa shape index (κ1) is 19.4. The van der Waals surface area contributed by atoms with Crippen molar-refractivity contribution in [3.63, 3.8) is 0 Å². The Bertz CT molecular complexity index is 668. The first-order chi connectivity index (χ1) is 13.0. The highest BCUT2D eigenvalue weighted by Gasteiger charge is 2.31. The molecule has 1 aliphatic heterocycles. The molecule has 6 nitrogen and oxygen atoms in total. The van der Waals surface area contributed by atoms with Gasteiger partial charge in [0.2, 0.25) is 11.8 Å². The van der Waals surface area contributed by atoms with Crippen LogP contribution in [0.2, 0.25) is 0 Å². The highest BCUT2D eigenvalue weighted by atomic mass is 16.4. The molecule has 1 aromatic carbocycles. The molecule has 2 N–H and O–H groups in total. The SMILES string of the molecule is O=C(O)C1CCC(NC(=O)C2CCCN(C(=O)Cc3ccccc3)C2)CC1. The molecule has 1 aromatic rings. The number of carboxylic acid groups (broad SMARTS) is 1. The lowest BCUT2D eigenvalue weighted by atomic mass is 9.85. The largest absolute Gasteiger partial charge is 0.481 e. The van der Waals surface area contributed by atoms with Crippen molar-refractivity contribution in [2.45, 2.75) is 51.0 Å². The Balaban J connectivity index is 1.48. The number of nitrogens with zero attached hydrogens (tertiary/aromatic N) is 1. The summed E-state index contributed by atoms with van der Waals surface area (Å²) in [5, 5.41) is 12.2. The van der Waals surface area contributed by atoms with Crippen molar-refractivity contribution in [1.29, 1.82) is 0 Å². The molecule has 0 spiro atoms. The van der Waals surface area contributed by atoms with Gasteiger partial charge in [-0.05, 0) is 44.1 Å². The third-order valence-corrected chi connectivity index (χ3v) is 5.77. The minimum atomic E-state index is -0.736. The number of carbonyl (C=O) groups is 3. The lowest BCUT2D eigenvalue weighted by Crippen LogP contribution is -2.48. The first-order valence-corrected chi connectivity index (χ1v) is 9.88. The van der Waals surface area contributed by atoms with Crippen LogP contribution in [-0.2, 0) is 20.8 Å². The number of carbonyl (C=O) groups excluding carboxylic acids is 2. The van der Waals surface area contributed by atoms with Crippen LogP contribution in [0.25, 0.3) is 0 Å². The molecule has 1 saturated carbocycles. The number of aliphatic carboxylic acids is 1. The maximum absolute atomic E-state index is 12.6. The zero-order chi connectivity index (χ0) is 19.2. The third kappa shape index (κ3) is 5.31. The van der Waals surface area contributed by atoms with Crippen molar-refractivity contribution < 1.29 is 19.5 Å². The molecule has 6 heteroatoms. The van der Waals surface area contributed by atoms with Crippen molar-refractivity contribution in [2.24, 2.45) is 11.8 Å². The summed E-state index contributed by atoms with van der Waals surface area (Å²) in [5.74, 6) is -1.11. The molecule has 2 amide bonds. The summed E-state index contributed by atoms with van der Waals surface area (Å²) >= 11 is 0. The smallest absolute Gasteiger partial charge is 0.306 e. The van der Waals surface area contributed by atoms with Crippen molar-refractivity contribution >= 4 is 17.8 Å². The first-order valence-electron chi connectivity index (χ1n) is 9.88. The molecule has 3 rings (SSSR count). The van der Waals surface area contributed by atoms with E-state index < -0.39 is 5.97 Å². The molecule has 0 radical (unpaired) electrons. The molecule has 1 heterocycles. The summed E-state index contributed by atoms with van der Waals surface area (Å²) in [6.07, 6.45) is 4.67. The summed E-state index contributed by atoms with van der Waals surface area (Å²) in [7, 11) is 0. The predicted molar refractivity (Wildman–Crippen MR) is 101 cm³/mol. The van der Waals surface area contributed by atoms with E-state index in [1.807, 2.05) is 35.2 Å². The van der Waals surface area contributed by atoms with Crippen LogP contribution >= 0.6 is 0 Å². The Hall–Kier alpha value is -2.37. The summed E-state index contributed by atoms with van der Waals surface area (Å²) in [6, 6.07) is 9.73. The molecule has 1 saturated heterocycles. The van der Waals surface area contributed by atoms with Crippen LogP contribution in [0.4, 0.5) is 0 Å². The third-order valence-electron chi connectivity index (χ3n) is 5.77. The maximum atomic E-state index is 12.6. The van der Waals surface area contributed by atoms with Gasteiger partial charge in [0.15, 0.2) is 0 Å². The molecule has 0 bridgehead atoms. The van der Waals surface area contributed by atoms with E-state index >= 15 is 0 Å². The molecule has 0 aromatic heterocycles. The summed E-state index contributed by atoms with van der Waals surface area (Å²) in [4.78, 5) is 38.1. The van der Waals surface area contributed by atoms with Crippen LogP contribution in [0.15, 0.2) is 30.3 Å². The van der Waals surface area contributed by atoms with Gasteiger partial charge in [-0.25, -0.2) is 0 Å². The van der Waals surface area contributed by atoms with E-state index in [1.54, 1.807) is 0 Å². The minimum Gasteiger partial charge on any atom is -0.481 e. The highest BCUT2D eigenvalue weighted by molar-refractivity contribution is 5.82. The monoisotopic (exact) mass is 372 g/mol. The molecule has 27 heavy (non-hydrogen) atoms. The van der Waals surface area contributed by atoms with E-state index in [4.69, 9.17) is 5.11 Å². The molecular formula is C21H28N2O4. The molecule has 1 unspecified atom stereocenters. The molecule has 146 valence electrons. The summed E-state index contributed by atoms with van der Waals surface area (Å²) in [6.45, 7) is 1.18. The normalized spacial score (nSPS) is 25.6. The van der Waals surface area contributed by atoms with E-state index in [0.717, 1.165) is 18.4 Å².